The fourth-order valence-electron chi connectivity index (χ4n) is 8.84. The van der Waals surface area contributed by atoms with Crippen LogP contribution >= 0.6 is 0 Å². The molecule has 3 heterocycles. The lowest BCUT2D eigenvalue weighted by Crippen LogP contribution is -2.05. The van der Waals surface area contributed by atoms with Gasteiger partial charge in [-0.2, -0.15) is 57.9 Å². The third kappa shape index (κ3) is 8.23. The molecule has 0 amide bonds. The molecule has 20 heteroatoms. The molecule has 0 N–H and O–H groups in total. The summed E-state index contributed by atoms with van der Waals surface area (Å²) in [7, 11) is 0. The summed E-state index contributed by atoms with van der Waals surface area (Å²) >= 11 is 0. The minimum Gasteiger partial charge on any atom is -0.258 e. The number of aromatic nitrogens is 6. The van der Waals surface area contributed by atoms with Crippen LogP contribution in [-0.2, 0) is 0 Å². The molecule has 79 heavy (non-hydrogen) atoms. The second-order valence-electron chi connectivity index (χ2n) is 16.9. The Kier molecular flexibility index (Phi) is 12.2. The van der Waals surface area contributed by atoms with Crippen molar-refractivity contribution in [2.75, 3.05) is 0 Å². The highest BCUT2D eigenvalue weighted by atomic mass is 16.6. The number of fused-ring (bicyclic) bond motifs is 6. The Hall–Kier alpha value is -13.7. The van der Waals surface area contributed by atoms with Crippen LogP contribution in [0.2, 0.25) is 0 Å². The molecule has 0 fully saturated rings. The second kappa shape index (κ2) is 19.8. The van der Waals surface area contributed by atoms with Crippen molar-refractivity contribution >= 4 is 38.8 Å². The Morgan fingerprint density at radius 1 is 0.266 bits per heavy atom. The summed E-state index contributed by atoms with van der Waals surface area (Å²) in [5.74, 6) is 0. The summed E-state index contributed by atoms with van der Waals surface area (Å²) in [4.78, 5) is 43.0. The van der Waals surface area contributed by atoms with Crippen LogP contribution in [0, 0.1) is 135 Å². The molecule has 0 saturated heterocycles. The Morgan fingerprint density at radius 3 is 0.620 bits per heavy atom. The van der Waals surface area contributed by atoms with Crippen molar-refractivity contribution in [3.05, 3.63) is 181 Å². The highest BCUT2D eigenvalue weighted by molar-refractivity contribution is 6.20. The fourth-order valence-corrected chi connectivity index (χ4v) is 8.84. The standard InChI is InChI=1S/C59H18N18O2/c60-19-36-7-1-30(13-42(36)25-66)48-49(31-2-8-37(20-61)43(14-31)26-67)73-56-54(71-48)55-57(74-51(33-4-10-39(22-63)45(16-33)28-69)50(72-55)32-3-9-38(21-62)44(15-32)27-68)59-58(56)75-52(34-5-11-40(23-64)46(17-34)29-70)53(76-59)35-6-12-41(24-65)47(18-35)77(78)79/h1-18H. The molecule has 0 aliphatic heterocycles. The zero-order valence-corrected chi connectivity index (χ0v) is 39.8. The number of nitriles is 11. The molecule has 0 spiro atoms. The van der Waals surface area contributed by atoms with E-state index in [1.54, 1.807) is 0 Å². The van der Waals surface area contributed by atoms with Gasteiger partial charge in [0.05, 0.1) is 94.7 Å². The van der Waals surface area contributed by atoms with E-state index in [0.717, 1.165) is 6.07 Å². The lowest BCUT2D eigenvalue weighted by Gasteiger charge is -2.18. The van der Waals surface area contributed by atoms with Gasteiger partial charge in [-0.05, 0) is 66.7 Å². The zero-order valence-electron chi connectivity index (χ0n) is 39.8. The van der Waals surface area contributed by atoms with Crippen molar-refractivity contribution in [1.82, 2.24) is 29.9 Å². The second-order valence-corrected chi connectivity index (χ2v) is 16.9. The van der Waals surface area contributed by atoms with Gasteiger partial charge in [0.1, 0.15) is 105 Å². The summed E-state index contributed by atoms with van der Waals surface area (Å²) in [5.41, 5.74) is 0.158. The van der Waals surface area contributed by atoms with E-state index >= 15 is 0 Å². The number of nitro groups is 1. The van der Waals surface area contributed by atoms with Gasteiger partial charge >= 0.3 is 0 Å². The van der Waals surface area contributed by atoms with Crippen molar-refractivity contribution in [2.24, 2.45) is 0 Å². The summed E-state index contributed by atoms with van der Waals surface area (Å²) in [6.07, 6.45) is 0. The van der Waals surface area contributed by atoms with Gasteiger partial charge < -0.3 is 0 Å². The summed E-state index contributed by atoms with van der Waals surface area (Å²) in [5, 5.41) is 123. The smallest absolute Gasteiger partial charge is 0.258 e. The largest absolute Gasteiger partial charge is 0.287 e. The SMILES string of the molecule is N#Cc1ccc(-c2nc3c4nc(-c5ccc(C#N)c(C#N)c5)c(-c5ccc(C#N)c(C#N)c5)nc4c4nc(-c5ccc(C#N)c([N+](=O)[O-])c5)c(-c5ccc(C#N)c(C#N)c5)nc4c3nc2-c2ccc(C#N)c(C#N)c2)cc1C#N. The molecule has 356 valence electrons. The van der Waals surface area contributed by atoms with Crippen LogP contribution in [-0.4, -0.2) is 34.8 Å². The fraction of sp³-hybridized carbons (Fsp3) is 0. The minimum atomic E-state index is -0.745. The Labute approximate surface area is 444 Å². The quantitative estimate of drug-likeness (QED) is 0.0813. The molecular weight excluding hydrogens is 993 g/mol. The van der Waals surface area contributed by atoms with Gasteiger partial charge in [0.25, 0.3) is 5.69 Å². The van der Waals surface area contributed by atoms with E-state index in [9.17, 15) is 68.0 Å². The maximum absolute atomic E-state index is 12.5. The van der Waals surface area contributed by atoms with Gasteiger partial charge in [0.15, 0.2) is 0 Å². The van der Waals surface area contributed by atoms with E-state index in [2.05, 4.69) is 0 Å². The molecule has 0 radical (unpaired) electrons. The predicted octanol–water partition coefficient (Wildman–Crippen LogP) is 10.0. The number of benzene rings is 7. The molecule has 20 nitrogen and oxygen atoms in total. The van der Waals surface area contributed by atoms with Crippen LogP contribution in [0.3, 0.4) is 0 Å². The number of nitrogens with zero attached hydrogens (tertiary/aromatic N) is 18. The zero-order chi connectivity index (χ0) is 55.6. The first-order valence-electron chi connectivity index (χ1n) is 22.7. The average Bonchev–Trinajstić information content (AvgIpc) is 3.65. The van der Waals surface area contributed by atoms with Crippen LogP contribution < -0.4 is 0 Å². The number of hydrogen-bond donors (Lipinski definition) is 0. The third-order valence-corrected chi connectivity index (χ3v) is 12.6. The first-order chi connectivity index (χ1) is 38.5. The first-order valence-corrected chi connectivity index (χ1v) is 22.7. The molecule has 3 aromatic heterocycles. The summed E-state index contributed by atoms with van der Waals surface area (Å²) in [6.45, 7) is 0. The van der Waals surface area contributed by atoms with Gasteiger partial charge in [-0.3, -0.25) is 10.1 Å². The van der Waals surface area contributed by atoms with Crippen molar-refractivity contribution in [1.29, 1.82) is 57.9 Å². The minimum absolute atomic E-state index is 0.0154. The monoisotopic (exact) mass is 1010 g/mol. The maximum atomic E-state index is 12.5. The van der Waals surface area contributed by atoms with Crippen LogP contribution in [0.25, 0.3) is 101 Å². The van der Waals surface area contributed by atoms with Gasteiger partial charge in [0.2, 0.25) is 0 Å². The highest BCUT2D eigenvalue weighted by Gasteiger charge is 2.28. The Morgan fingerprint density at radius 2 is 0.443 bits per heavy atom. The normalized spacial score (nSPS) is 10.2. The molecular formula is C59H18N18O2. The molecule has 7 aromatic carbocycles. The van der Waals surface area contributed by atoms with Crippen LogP contribution in [0.1, 0.15) is 61.2 Å². The Bertz CT molecular complexity index is 4870. The molecule has 0 saturated carbocycles. The molecule has 0 aliphatic rings. The number of rotatable bonds is 7. The van der Waals surface area contributed by atoms with E-state index in [0.29, 0.717) is 0 Å². The van der Waals surface area contributed by atoms with E-state index < -0.39 is 10.6 Å². The lowest BCUT2D eigenvalue weighted by molar-refractivity contribution is -0.385. The third-order valence-electron chi connectivity index (χ3n) is 12.6. The van der Waals surface area contributed by atoms with Crippen molar-refractivity contribution < 1.29 is 4.92 Å². The van der Waals surface area contributed by atoms with Gasteiger partial charge in [-0.1, -0.05) is 36.4 Å². The number of hydrogen-bond acceptors (Lipinski definition) is 19. The van der Waals surface area contributed by atoms with E-state index in [4.69, 9.17) is 29.9 Å². The lowest BCUT2D eigenvalue weighted by atomic mass is 9.96. The van der Waals surface area contributed by atoms with Crippen molar-refractivity contribution in [3.63, 3.8) is 0 Å². The molecule has 10 rings (SSSR count). The topological polar surface area (TPSA) is 382 Å². The predicted molar refractivity (Wildman–Crippen MR) is 277 cm³/mol. The van der Waals surface area contributed by atoms with Crippen molar-refractivity contribution in [3.8, 4) is 134 Å². The van der Waals surface area contributed by atoms with Gasteiger partial charge in [-0.25, -0.2) is 29.9 Å². The van der Waals surface area contributed by atoms with E-state index in [-0.39, 0.29) is 162 Å². The highest BCUT2D eigenvalue weighted by Crippen LogP contribution is 2.43. The van der Waals surface area contributed by atoms with Crippen molar-refractivity contribution in [2.45, 2.75) is 0 Å². The Balaban J connectivity index is 1.48. The van der Waals surface area contributed by atoms with Crippen LogP contribution in [0.5, 0.6) is 0 Å². The first kappa shape index (κ1) is 49.0. The summed E-state index contributed by atoms with van der Waals surface area (Å²) in [6, 6.07) is 47.3. The van der Waals surface area contributed by atoms with Crippen LogP contribution in [0.15, 0.2) is 109 Å². The maximum Gasteiger partial charge on any atom is 0.287 e. The average molecular weight is 1010 g/mol. The molecule has 0 bridgehead atoms. The van der Waals surface area contributed by atoms with Gasteiger partial charge in [-0.15, -0.1) is 0 Å². The molecule has 10 aromatic rings. The van der Waals surface area contributed by atoms with Gasteiger partial charge in [0, 0.05) is 39.4 Å². The number of nitro benzene ring substituents is 1. The summed E-state index contributed by atoms with van der Waals surface area (Å²) < 4.78 is 0. The van der Waals surface area contributed by atoms with E-state index in [1.807, 2.05) is 66.8 Å². The molecule has 0 atom stereocenters. The van der Waals surface area contributed by atoms with Crippen LogP contribution in [0.4, 0.5) is 5.69 Å². The molecule has 0 aliphatic carbocycles. The van der Waals surface area contributed by atoms with E-state index in [1.165, 1.54) is 103 Å². The molecule has 0 unspecified atom stereocenters.